The summed E-state index contributed by atoms with van der Waals surface area (Å²) < 4.78 is 6.07. The molecule has 31 heavy (non-hydrogen) atoms. The molecular weight excluding hydrogens is 408 g/mol. The standard InChI is InChI=1S/C25H32N2O3S/c1-5-12-26(24(28)15-18(2)3)16-25(29)27-13-10-23-21(11-14-31-23)22(27)17-30-20-8-6-19(4)7-9-20/h5-9,11,14,18,22H,1,10,12-13,15-17H2,2-4H3. The zero-order chi connectivity index (χ0) is 22.4. The van der Waals surface area contributed by atoms with Crippen molar-refractivity contribution in [2.24, 2.45) is 5.92 Å². The predicted molar refractivity (Wildman–Crippen MR) is 125 cm³/mol. The van der Waals surface area contributed by atoms with Gasteiger partial charge in [-0.25, -0.2) is 0 Å². The normalized spacial score (nSPS) is 15.5. The molecule has 0 N–H and O–H groups in total. The monoisotopic (exact) mass is 440 g/mol. The molecule has 1 unspecified atom stereocenters. The van der Waals surface area contributed by atoms with Crippen molar-refractivity contribution in [3.8, 4) is 5.75 Å². The first-order chi connectivity index (χ1) is 14.9. The smallest absolute Gasteiger partial charge is 0.242 e. The average Bonchev–Trinajstić information content (AvgIpc) is 3.21. The summed E-state index contributed by atoms with van der Waals surface area (Å²) in [6.07, 6.45) is 2.94. The highest BCUT2D eigenvalue weighted by atomic mass is 32.1. The Hall–Kier alpha value is -2.60. The number of amides is 2. The maximum Gasteiger partial charge on any atom is 0.242 e. The summed E-state index contributed by atoms with van der Waals surface area (Å²) >= 11 is 1.73. The van der Waals surface area contributed by atoms with Crippen LogP contribution in [0.2, 0.25) is 0 Å². The molecule has 1 atom stereocenters. The van der Waals surface area contributed by atoms with Gasteiger partial charge in [0.2, 0.25) is 11.8 Å². The second kappa shape index (κ2) is 10.6. The van der Waals surface area contributed by atoms with Crippen molar-refractivity contribution in [1.29, 1.82) is 0 Å². The molecule has 0 aliphatic carbocycles. The predicted octanol–water partition coefficient (Wildman–Crippen LogP) is 4.62. The maximum absolute atomic E-state index is 13.3. The van der Waals surface area contributed by atoms with Crippen LogP contribution in [0.4, 0.5) is 0 Å². The highest BCUT2D eigenvalue weighted by molar-refractivity contribution is 7.10. The summed E-state index contributed by atoms with van der Waals surface area (Å²) in [6, 6.07) is 9.87. The van der Waals surface area contributed by atoms with Gasteiger partial charge in [-0.15, -0.1) is 17.9 Å². The second-order valence-corrected chi connectivity index (χ2v) is 9.44. The van der Waals surface area contributed by atoms with Crippen LogP contribution in [-0.4, -0.2) is 47.9 Å². The highest BCUT2D eigenvalue weighted by Gasteiger charge is 2.33. The number of hydrogen-bond acceptors (Lipinski definition) is 4. The SMILES string of the molecule is C=CCN(CC(=O)N1CCc2sccc2C1COc1ccc(C)cc1)C(=O)CC(C)C. The van der Waals surface area contributed by atoms with Crippen LogP contribution in [0.25, 0.3) is 0 Å². The first kappa shape index (κ1) is 23.1. The largest absolute Gasteiger partial charge is 0.491 e. The molecule has 166 valence electrons. The molecular formula is C25H32N2O3S. The molecule has 2 aromatic rings. The van der Waals surface area contributed by atoms with E-state index in [4.69, 9.17) is 4.74 Å². The molecule has 0 saturated carbocycles. The molecule has 1 aromatic carbocycles. The van der Waals surface area contributed by atoms with Crippen molar-refractivity contribution in [2.45, 2.75) is 39.7 Å². The lowest BCUT2D eigenvalue weighted by Crippen LogP contribution is -2.48. The van der Waals surface area contributed by atoms with Crippen LogP contribution in [0.15, 0.2) is 48.4 Å². The van der Waals surface area contributed by atoms with Gasteiger partial charge in [0, 0.05) is 24.4 Å². The Bertz CT molecular complexity index is 904. The number of carbonyl (C=O) groups excluding carboxylic acids is 2. The number of rotatable bonds is 9. The summed E-state index contributed by atoms with van der Waals surface area (Å²) in [6.45, 7) is 11.3. The van der Waals surface area contributed by atoms with E-state index in [2.05, 4.69) is 18.0 Å². The van der Waals surface area contributed by atoms with Gasteiger partial charge in [-0.05, 0) is 48.4 Å². The average molecular weight is 441 g/mol. The van der Waals surface area contributed by atoms with E-state index in [0.29, 0.717) is 26.1 Å². The van der Waals surface area contributed by atoms with Gasteiger partial charge < -0.3 is 14.5 Å². The Kier molecular flexibility index (Phi) is 7.91. The summed E-state index contributed by atoms with van der Waals surface area (Å²) in [5.41, 5.74) is 2.33. The van der Waals surface area contributed by atoms with E-state index in [1.165, 1.54) is 10.4 Å². The number of carbonyl (C=O) groups is 2. The Morgan fingerprint density at radius 3 is 2.71 bits per heavy atom. The Morgan fingerprint density at radius 2 is 2.03 bits per heavy atom. The number of aryl methyl sites for hydroxylation is 1. The van der Waals surface area contributed by atoms with Crippen LogP contribution >= 0.6 is 11.3 Å². The van der Waals surface area contributed by atoms with Crippen molar-refractivity contribution in [3.63, 3.8) is 0 Å². The van der Waals surface area contributed by atoms with Gasteiger partial charge in [0.15, 0.2) is 0 Å². The first-order valence-electron chi connectivity index (χ1n) is 10.8. The van der Waals surface area contributed by atoms with E-state index in [0.717, 1.165) is 17.7 Å². The van der Waals surface area contributed by atoms with Crippen molar-refractivity contribution in [2.75, 3.05) is 26.2 Å². The van der Waals surface area contributed by atoms with Gasteiger partial charge in [-0.2, -0.15) is 0 Å². The van der Waals surface area contributed by atoms with E-state index < -0.39 is 0 Å². The van der Waals surface area contributed by atoms with Crippen LogP contribution in [0.5, 0.6) is 5.75 Å². The number of thiophene rings is 1. The van der Waals surface area contributed by atoms with Crippen molar-refractivity contribution in [3.05, 3.63) is 64.4 Å². The van der Waals surface area contributed by atoms with Crippen LogP contribution in [0.1, 0.15) is 42.3 Å². The number of ether oxygens (including phenoxy) is 1. The van der Waals surface area contributed by atoms with Gasteiger partial charge >= 0.3 is 0 Å². The molecule has 6 heteroatoms. The quantitative estimate of drug-likeness (QED) is 0.535. The zero-order valence-corrected chi connectivity index (χ0v) is 19.5. The first-order valence-corrected chi connectivity index (χ1v) is 11.7. The second-order valence-electron chi connectivity index (χ2n) is 8.44. The molecule has 3 rings (SSSR count). The van der Waals surface area contributed by atoms with Crippen molar-refractivity contribution < 1.29 is 14.3 Å². The van der Waals surface area contributed by atoms with Crippen molar-refractivity contribution in [1.82, 2.24) is 9.80 Å². The minimum absolute atomic E-state index is 0.0102. The maximum atomic E-state index is 13.3. The van der Waals surface area contributed by atoms with Crippen LogP contribution in [0, 0.1) is 12.8 Å². The molecule has 1 aromatic heterocycles. The summed E-state index contributed by atoms with van der Waals surface area (Å²) in [7, 11) is 0. The Balaban J connectivity index is 1.75. The Labute approximate surface area is 189 Å². The molecule has 0 saturated heterocycles. The number of nitrogens with zero attached hydrogens (tertiary/aromatic N) is 2. The molecule has 2 heterocycles. The van der Waals surface area contributed by atoms with Gasteiger partial charge in [0.25, 0.3) is 0 Å². The molecule has 5 nitrogen and oxygen atoms in total. The van der Waals surface area contributed by atoms with Crippen LogP contribution < -0.4 is 4.74 Å². The van der Waals surface area contributed by atoms with Gasteiger partial charge in [0.1, 0.15) is 18.9 Å². The van der Waals surface area contributed by atoms with Gasteiger partial charge in [-0.3, -0.25) is 9.59 Å². The van der Waals surface area contributed by atoms with E-state index >= 15 is 0 Å². The molecule has 1 aliphatic heterocycles. The molecule has 1 aliphatic rings. The fourth-order valence-corrected chi connectivity index (χ4v) is 4.76. The van der Waals surface area contributed by atoms with E-state index in [9.17, 15) is 9.59 Å². The minimum Gasteiger partial charge on any atom is -0.491 e. The molecule has 0 fully saturated rings. The zero-order valence-electron chi connectivity index (χ0n) is 18.7. The molecule has 2 amide bonds. The third-order valence-corrected chi connectivity index (χ3v) is 6.45. The topological polar surface area (TPSA) is 49.9 Å². The van der Waals surface area contributed by atoms with Gasteiger partial charge in [-0.1, -0.05) is 37.6 Å². The fourth-order valence-electron chi connectivity index (χ4n) is 3.83. The van der Waals surface area contributed by atoms with Crippen LogP contribution in [-0.2, 0) is 16.0 Å². The minimum atomic E-state index is -0.158. The lowest BCUT2D eigenvalue weighted by molar-refractivity contribution is -0.142. The molecule has 0 spiro atoms. The Morgan fingerprint density at radius 1 is 1.29 bits per heavy atom. The lowest BCUT2D eigenvalue weighted by Gasteiger charge is -2.37. The highest BCUT2D eigenvalue weighted by Crippen LogP contribution is 2.34. The van der Waals surface area contributed by atoms with E-state index in [-0.39, 0.29) is 30.3 Å². The van der Waals surface area contributed by atoms with Crippen LogP contribution in [0.3, 0.4) is 0 Å². The fraction of sp³-hybridized carbons (Fsp3) is 0.440. The summed E-state index contributed by atoms with van der Waals surface area (Å²) in [4.78, 5) is 30.7. The summed E-state index contributed by atoms with van der Waals surface area (Å²) in [5, 5.41) is 2.08. The van der Waals surface area contributed by atoms with E-state index in [1.807, 2.05) is 49.9 Å². The number of hydrogen-bond donors (Lipinski definition) is 0. The van der Waals surface area contributed by atoms with Crippen molar-refractivity contribution >= 4 is 23.2 Å². The van der Waals surface area contributed by atoms with Gasteiger partial charge in [0.05, 0.1) is 6.04 Å². The third-order valence-electron chi connectivity index (χ3n) is 5.46. The lowest BCUT2D eigenvalue weighted by atomic mass is 10.00. The molecule has 0 bridgehead atoms. The summed E-state index contributed by atoms with van der Waals surface area (Å²) in [5.74, 6) is 0.979. The number of fused-ring (bicyclic) bond motifs is 1. The molecule has 0 radical (unpaired) electrons. The third kappa shape index (κ3) is 5.97. The van der Waals surface area contributed by atoms with E-state index in [1.54, 1.807) is 22.3 Å². The number of benzene rings is 1.